The zero-order valence-electron chi connectivity index (χ0n) is 14.7. The molecule has 2 heterocycles. The van der Waals surface area contributed by atoms with E-state index >= 15 is 0 Å². The number of carbonyl (C=O) groups is 1. The van der Waals surface area contributed by atoms with Crippen LogP contribution in [0.5, 0.6) is 0 Å². The average molecular weight is 356 g/mol. The standard InChI is InChI=1S/C19H24N4OS/c1-19(2,3)14-8-6-13(7-9-14)12-20-23-18(24)16-11-15(21-22-16)17-5-4-10-25-17/h4-10,12,15-16,21-22H,11H2,1-3H3,(H,23,24)/b20-12+. The number of rotatable bonds is 4. The highest BCUT2D eigenvalue weighted by Crippen LogP contribution is 2.26. The Kier molecular flexibility index (Phi) is 5.32. The molecule has 0 aliphatic carbocycles. The molecule has 2 unspecified atom stereocenters. The molecule has 1 aromatic heterocycles. The number of nitrogens with one attached hydrogen (secondary N) is 3. The van der Waals surface area contributed by atoms with E-state index in [1.807, 2.05) is 23.6 Å². The first-order valence-corrected chi connectivity index (χ1v) is 9.29. The van der Waals surface area contributed by atoms with Crippen LogP contribution in [0.1, 0.15) is 49.2 Å². The van der Waals surface area contributed by atoms with E-state index in [9.17, 15) is 4.79 Å². The number of amides is 1. The van der Waals surface area contributed by atoms with Gasteiger partial charge in [-0.2, -0.15) is 5.10 Å². The van der Waals surface area contributed by atoms with E-state index in [4.69, 9.17) is 0 Å². The van der Waals surface area contributed by atoms with E-state index < -0.39 is 0 Å². The lowest BCUT2D eigenvalue weighted by molar-refractivity contribution is -0.122. The molecular weight excluding hydrogens is 332 g/mol. The third-order valence-corrected chi connectivity index (χ3v) is 5.26. The number of hydrogen-bond acceptors (Lipinski definition) is 5. The predicted molar refractivity (Wildman–Crippen MR) is 103 cm³/mol. The Labute approximate surface area is 152 Å². The molecule has 1 fully saturated rings. The first-order valence-electron chi connectivity index (χ1n) is 8.41. The minimum absolute atomic E-state index is 0.129. The summed E-state index contributed by atoms with van der Waals surface area (Å²) in [7, 11) is 0. The lowest BCUT2D eigenvalue weighted by atomic mass is 9.87. The largest absolute Gasteiger partial charge is 0.271 e. The fourth-order valence-electron chi connectivity index (χ4n) is 2.72. The second kappa shape index (κ2) is 7.47. The smallest absolute Gasteiger partial charge is 0.258 e. The van der Waals surface area contributed by atoms with E-state index in [2.05, 4.69) is 60.3 Å². The maximum atomic E-state index is 12.2. The van der Waals surface area contributed by atoms with Crippen molar-refractivity contribution >= 4 is 23.5 Å². The Morgan fingerprint density at radius 1 is 1.24 bits per heavy atom. The molecule has 3 N–H and O–H groups in total. The van der Waals surface area contributed by atoms with Crippen LogP contribution in [0.3, 0.4) is 0 Å². The van der Waals surface area contributed by atoms with Crippen molar-refractivity contribution in [2.24, 2.45) is 5.10 Å². The number of carbonyl (C=O) groups excluding carboxylic acids is 1. The fraction of sp³-hybridized carbons (Fsp3) is 0.368. The third-order valence-electron chi connectivity index (χ3n) is 4.27. The summed E-state index contributed by atoms with van der Waals surface area (Å²) in [6, 6.07) is 12.2. The summed E-state index contributed by atoms with van der Waals surface area (Å²) in [6.07, 6.45) is 2.38. The second-order valence-corrected chi connectivity index (χ2v) is 8.23. The second-order valence-electron chi connectivity index (χ2n) is 7.25. The van der Waals surface area contributed by atoms with Gasteiger partial charge < -0.3 is 0 Å². The first-order chi connectivity index (χ1) is 11.9. The fourth-order valence-corrected chi connectivity index (χ4v) is 3.51. The molecule has 0 saturated carbocycles. The summed E-state index contributed by atoms with van der Waals surface area (Å²) in [5.74, 6) is -0.130. The van der Waals surface area contributed by atoms with Gasteiger partial charge in [0.1, 0.15) is 6.04 Å². The SMILES string of the molecule is CC(C)(C)c1ccc(/C=N/NC(=O)C2CC(c3cccs3)NN2)cc1. The molecule has 2 atom stereocenters. The van der Waals surface area contributed by atoms with Crippen LogP contribution in [-0.2, 0) is 10.2 Å². The van der Waals surface area contributed by atoms with Gasteiger partial charge in [0.2, 0.25) is 0 Å². The van der Waals surface area contributed by atoms with E-state index in [-0.39, 0.29) is 23.4 Å². The highest BCUT2D eigenvalue weighted by atomic mass is 32.1. The van der Waals surface area contributed by atoms with Gasteiger partial charge in [-0.25, -0.2) is 16.3 Å². The average Bonchev–Trinajstić information content (AvgIpc) is 3.25. The van der Waals surface area contributed by atoms with E-state index in [0.717, 1.165) is 5.56 Å². The Balaban J connectivity index is 1.51. The van der Waals surface area contributed by atoms with Crippen molar-refractivity contribution in [1.82, 2.24) is 16.3 Å². The van der Waals surface area contributed by atoms with Gasteiger partial charge >= 0.3 is 0 Å². The van der Waals surface area contributed by atoms with Crippen LogP contribution in [0.2, 0.25) is 0 Å². The van der Waals surface area contributed by atoms with Crippen LogP contribution in [0, 0.1) is 0 Å². The molecule has 2 aromatic rings. The molecule has 0 radical (unpaired) electrons. The molecule has 1 aliphatic rings. The predicted octanol–water partition coefficient (Wildman–Crippen LogP) is 3.10. The van der Waals surface area contributed by atoms with Crippen molar-refractivity contribution < 1.29 is 4.79 Å². The quantitative estimate of drug-likeness (QED) is 0.583. The minimum Gasteiger partial charge on any atom is -0.271 e. The number of nitrogens with zero attached hydrogens (tertiary/aromatic N) is 1. The Morgan fingerprint density at radius 2 is 2.00 bits per heavy atom. The minimum atomic E-state index is -0.285. The van der Waals surface area contributed by atoms with Gasteiger partial charge in [-0.15, -0.1) is 11.3 Å². The summed E-state index contributed by atoms with van der Waals surface area (Å²) in [5.41, 5.74) is 11.2. The van der Waals surface area contributed by atoms with E-state index in [1.165, 1.54) is 10.4 Å². The summed E-state index contributed by atoms with van der Waals surface area (Å²) >= 11 is 1.69. The molecule has 1 saturated heterocycles. The van der Waals surface area contributed by atoms with Crippen LogP contribution >= 0.6 is 11.3 Å². The molecule has 25 heavy (non-hydrogen) atoms. The first kappa shape index (κ1) is 17.8. The van der Waals surface area contributed by atoms with E-state index in [0.29, 0.717) is 6.42 Å². The molecular formula is C19H24N4OS. The van der Waals surface area contributed by atoms with Gasteiger partial charge in [-0.05, 0) is 34.4 Å². The Hall–Kier alpha value is -2.02. The van der Waals surface area contributed by atoms with Crippen molar-refractivity contribution in [3.05, 3.63) is 57.8 Å². The van der Waals surface area contributed by atoms with Crippen molar-refractivity contribution in [3.8, 4) is 0 Å². The zero-order chi connectivity index (χ0) is 17.9. The molecule has 132 valence electrons. The normalized spacial score (nSPS) is 20.9. The summed E-state index contributed by atoms with van der Waals surface area (Å²) in [6.45, 7) is 6.55. The van der Waals surface area contributed by atoms with Gasteiger partial charge in [-0.1, -0.05) is 51.1 Å². The Bertz CT molecular complexity index is 732. The maximum Gasteiger partial charge on any atom is 0.258 e. The van der Waals surface area contributed by atoms with Gasteiger partial charge in [-0.3, -0.25) is 4.79 Å². The number of thiophene rings is 1. The van der Waals surface area contributed by atoms with Crippen LogP contribution in [0.4, 0.5) is 0 Å². The molecule has 5 nitrogen and oxygen atoms in total. The maximum absolute atomic E-state index is 12.2. The topological polar surface area (TPSA) is 65.5 Å². The summed E-state index contributed by atoms with van der Waals surface area (Å²) in [5, 5.41) is 6.12. The summed E-state index contributed by atoms with van der Waals surface area (Å²) in [4.78, 5) is 13.4. The van der Waals surface area contributed by atoms with Crippen molar-refractivity contribution in [2.75, 3.05) is 0 Å². The molecule has 1 aromatic carbocycles. The van der Waals surface area contributed by atoms with Gasteiger partial charge in [0.25, 0.3) is 5.91 Å². The number of benzene rings is 1. The van der Waals surface area contributed by atoms with E-state index in [1.54, 1.807) is 17.6 Å². The van der Waals surface area contributed by atoms with Crippen LogP contribution < -0.4 is 16.3 Å². The highest BCUT2D eigenvalue weighted by Gasteiger charge is 2.30. The van der Waals surface area contributed by atoms with Crippen molar-refractivity contribution in [1.29, 1.82) is 0 Å². The van der Waals surface area contributed by atoms with Crippen molar-refractivity contribution in [2.45, 2.75) is 44.7 Å². The number of hydrazine groups is 1. The number of hydrazone groups is 1. The van der Waals surface area contributed by atoms with Crippen LogP contribution in [-0.4, -0.2) is 18.2 Å². The molecule has 0 spiro atoms. The summed E-state index contributed by atoms with van der Waals surface area (Å²) < 4.78 is 0. The molecule has 1 amide bonds. The van der Waals surface area contributed by atoms with Gasteiger partial charge in [0.05, 0.1) is 12.3 Å². The molecule has 0 bridgehead atoms. The van der Waals surface area contributed by atoms with Gasteiger partial charge in [0, 0.05) is 4.88 Å². The third kappa shape index (κ3) is 4.54. The molecule has 3 rings (SSSR count). The van der Waals surface area contributed by atoms with Gasteiger partial charge in [0.15, 0.2) is 0 Å². The van der Waals surface area contributed by atoms with Crippen LogP contribution in [0.15, 0.2) is 46.9 Å². The lowest BCUT2D eigenvalue weighted by Gasteiger charge is -2.18. The van der Waals surface area contributed by atoms with Crippen molar-refractivity contribution in [3.63, 3.8) is 0 Å². The zero-order valence-corrected chi connectivity index (χ0v) is 15.6. The highest BCUT2D eigenvalue weighted by molar-refractivity contribution is 7.10. The molecule has 1 aliphatic heterocycles. The lowest BCUT2D eigenvalue weighted by Crippen LogP contribution is -2.41. The molecule has 6 heteroatoms. The monoisotopic (exact) mass is 356 g/mol. The van der Waals surface area contributed by atoms with Crippen LogP contribution in [0.25, 0.3) is 0 Å². The number of hydrogen-bond donors (Lipinski definition) is 3. The Morgan fingerprint density at radius 3 is 2.64 bits per heavy atom.